The first-order valence-electron chi connectivity index (χ1n) is 11.9. The molecular weight excluding hydrogens is 500 g/mol. The summed E-state index contributed by atoms with van der Waals surface area (Å²) in [5.41, 5.74) is 14.7. The lowest BCUT2D eigenvalue weighted by molar-refractivity contribution is -0.115. The molecule has 0 saturated carbocycles. The van der Waals surface area contributed by atoms with Crippen LogP contribution in [0.15, 0.2) is 35.5 Å². The van der Waals surface area contributed by atoms with Crippen LogP contribution in [0.4, 0.5) is 5.95 Å². The second-order valence-electron chi connectivity index (χ2n) is 9.59. The molecule has 2 aliphatic heterocycles. The topological polar surface area (TPSA) is 140 Å². The van der Waals surface area contributed by atoms with Gasteiger partial charge in [0, 0.05) is 47.4 Å². The maximum atomic E-state index is 11.3. The number of hydrogen-bond donors (Lipinski definition) is 3. The number of hydrogen-bond acceptors (Lipinski definition) is 8. The zero-order valence-corrected chi connectivity index (χ0v) is 21.3. The van der Waals surface area contributed by atoms with Gasteiger partial charge in [-0.05, 0) is 25.8 Å². The second-order valence-corrected chi connectivity index (χ2v) is 11.0. The number of nitrogens with zero attached hydrogens (tertiary/aromatic N) is 5. The van der Waals surface area contributed by atoms with Gasteiger partial charge in [0.25, 0.3) is 0 Å². The third-order valence-electron chi connectivity index (χ3n) is 7.52. The molecule has 0 bridgehead atoms. The normalized spacial score (nSPS) is 21.7. The number of benzene rings is 1. The number of carbonyl (C=O) groups is 1. The molecule has 0 unspecified atom stereocenters. The quantitative estimate of drug-likeness (QED) is 0.337. The van der Waals surface area contributed by atoms with E-state index in [9.17, 15) is 4.79 Å². The Morgan fingerprint density at radius 1 is 1.36 bits per heavy atom. The van der Waals surface area contributed by atoms with Gasteiger partial charge in [0.15, 0.2) is 11.3 Å². The molecule has 1 amide bonds. The highest BCUT2D eigenvalue weighted by Gasteiger charge is 2.47. The molecule has 4 aromatic rings. The van der Waals surface area contributed by atoms with Gasteiger partial charge in [-0.15, -0.1) is 11.8 Å². The van der Waals surface area contributed by atoms with Crippen molar-refractivity contribution in [3.63, 3.8) is 0 Å². The van der Waals surface area contributed by atoms with E-state index in [1.165, 1.54) is 11.8 Å². The number of nitrogens with two attached hydrogens (primary N) is 2. The highest BCUT2D eigenvalue weighted by atomic mass is 35.5. The molecule has 1 spiro atoms. The molecule has 2 atom stereocenters. The number of aromatic amines is 1. The van der Waals surface area contributed by atoms with Gasteiger partial charge in [0.1, 0.15) is 0 Å². The molecule has 2 saturated heterocycles. The van der Waals surface area contributed by atoms with Crippen LogP contribution in [0.25, 0.3) is 27.9 Å². The maximum absolute atomic E-state index is 11.3. The van der Waals surface area contributed by atoms with Gasteiger partial charge in [0.2, 0.25) is 11.9 Å². The van der Waals surface area contributed by atoms with E-state index in [2.05, 4.69) is 27.0 Å². The van der Waals surface area contributed by atoms with Gasteiger partial charge in [-0.2, -0.15) is 10.1 Å². The van der Waals surface area contributed by atoms with Crippen LogP contribution in [-0.4, -0.2) is 68.1 Å². The molecule has 2 aliphatic rings. The summed E-state index contributed by atoms with van der Waals surface area (Å²) in [5, 5.41) is 8.96. The van der Waals surface area contributed by atoms with Gasteiger partial charge in [-0.3, -0.25) is 14.3 Å². The van der Waals surface area contributed by atoms with Crippen molar-refractivity contribution in [1.29, 1.82) is 0 Å². The monoisotopic (exact) mass is 526 g/mol. The molecule has 12 heteroatoms. The molecular formula is C24H27ClN8O2S. The third-order valence-corrected chi connectivity index (χ3v) is 9.12. The number of nitrogens with one attached hydrogen (secondary N) is 1. The van der Waals surface area contributed by atoms with Crippen LogP contribution in [0.5, 0.6) is 0 Å². The number of thioether (sulfide) groups is 1. The first-order valence-corrected chi connectivity index (χ1v) is 13.3. The first kappa shape index (κ1) is 23.5. The summed E-state index contributed by atoms with van der Waals surface area (Å²) in [5.74, 6) is 0.556. The number of primary amides is 1. The number of anilines is 1. The van der Waals surface area contributed by atoms with Crippen molar-refractivity contribution in [3.8, 4) is 11.3 Å². The van der Waals surface area contributed by atoms with Crippen LogP contribution in [0, 0.1) is 5.41 Å². The Bertz CT molecular complexity index is 1460. The Balaban J connectivity index is 1.37. The van der Waals surface area contributed by atoms with Gasteiger partial charge in [0.05, 0.1) is 34.6 Å². The van der Waals surface area contributed by atoms with E-state index >= 15 is 0 Å². The predicted molar refractivity (Wildman–Crippen MR) is 140 cm³/mol. The van der Waals surface area contributed by atoms with Crippen molar-refractivity contribution in [1.82, 2.24) is 24.6 Å². The number of carbonyl (C=O) groups excluding carboxylic acids is 1. The number of H-pyrrole nitrogens is 1. The van der Waals surface area contributed by atoms with E-state index < -0.39 is 5.91 Å². The van der Waals surface area contributed by atoms with Gasteiger partial charge in [-0.1, -0.05) is 23.7 Å². The van der Waals surface area contributed by atoms with E-state index in [1.807, 2.05) is 28.8 Å². The van der Waals surface area contributed by atoms with Crippen molar-refractivity contribution in [3.05, 3.63) is 35.6 Å². The van der Waals surface area contributed by atoms with E-state index in [0.717, 1.165) is 65.7 Å². The number of piperidine rings is 1. The van der Waals surface area contributed by atoms with Crippen LogP contribution in [-0.2, 0) is 9.53 Å². The number of ether oxygens (including phenoxy) is 1. The number of rotatable bonds is 5. The summed E-state index contributed by atoms with van der Waals surface area (Å²) in [6, 6.07) is 5.72. The lowest BCUT2D eigenvalue weighted by Gasteiger charge is -2.41. The summed E-state index contributed by atoms with van der Waals surface area (Å²) < 4.78 is 7.89. The number of imidazole rings is 1. The number of fused-ring (bicyclic) bond motifs is 3. The molecule has 5 heterocycles. The van der Waals surface area contributed by atoms with Crippen molar-refractivity contribution < 1.29 is 9.53 Å². The predicted octanol–water partition coefficient (Wildman–Crippen LogP) is 2.84. The fraction of sp³-hybridized carbons (Fsp3) is 0.417. The first-order chi connectivity index (χ1) is 17.4. The van der Waals surface area contributed by atoms with Crippen LogP contribution in [0.3, 0.4) is 0 Å². The summed E-state index contributed by atoms with van der Waals surface area (Å²) in [6.07, 6.45) is 5.68. The highest BCUT2D eigenvalue weighted by Crippen LogP contribution is 2.43. The van der Waals surface area contributed by atoms with Crippen molar-refractivity contribution in [2.24, 2.45) is 16.9 Å². The third kappa shape index (κ3) is 3.73. The van der Waals surface area contributed by atoms with E-state index in [-0.39, 0.29) is 23.3 Å². The summed E-state index contributed by atoms with van der Waals surface area (Å²) in [7, 11) is 0. The summed E-state index contributed by atoms with van der Waals surface area (Å²) in [6.45, 7) is 4.44. The minimum Gasteiger partial charge on any atom is -0.376 e. The van der Waals surface area contributed by atoms with Crippen LogP contribution in [0.1, 0.15) is 19.8 Å². The summed E-state index contributed by atoms with van der Waals surface area (Å²) >= 11 is 8.05. The Hall–Kier alpha value is -2.86. The molecule has 2 fully saturated rings. The fourth-order valence-corrected chi connectivity index (χ4v) is 6.52. The van der Waals surface area contributed by atoms with Crippen molar-refractivity contribution >= 4 is 51.9 Å². The maximum Gasteiger partial charge on any atom is 0.227 e. The van der Waals surface area contributed by atoms with E-state index in [0.29, 0.717) is 10.7 Å². The Kier molecular flexibility index (Phi) is 5.83. The minimum atomic E-state index is -0.398. The molecule has 5 N–H and O–H groups in total. The van der Waals surface area contributed by atoms with Crippen LogP contribution >= 0.6 is 23.4 Å². The van der Waals surface area contributed by atoms with E-state index in [1.54, 1.807) is 6.20 Å². The molecule has 6 rings (SSSR count). The average Bonchev–Trinajstić information content (AvgIpc) is 3.58. The van der Waals surface area contributed by atoms with Crippen LogP contribution < -0.4 is 16.4 Å². The van der Waals surface area contributed by atoms with Crippen LogP contribution in [0.2, 0.25) is 5.02 Å². The molecule has 188 valence electrons. The Labute approximate surface area is 216 Å². The van der Waals surface area contributed by atoms with Gasteiger partial charge >= 0.3 is 0 Å². The number of amides is 1. The van der Waals surface area contributed by atoms with E-state index in [4.69, 9.17) is 32.8 Å². The molecule has 3 aromatic heterocycles. The Morgan fingerprint density at radius 2 is 2.17 bits per heavy atom. The molecule has 1 aromatic carbocycles. The average molecular weight is 527 g/mol. The zero-order valence-electron chi connectivity index (χ0n) is 19.8. The Morgan fingerprint density at radius 3 is 2.89 bits per heavy atom. The van der Waals surface area contributed by atoms with Crippen molar-refractivity contribution in [2.45, 2.75) is 36.8 Å². The lowest BCUT2D eigenvalue weighted by Crippen LogP contribution is -2.51. The number of halogens is 1. The highest BCUT2D eigenvalue weighted by molar-refractivity contribution is 8.00. The second kappa shape index (κ2) is 8.91. The molecule has 36 heavy (non-hydrogen) atoms. The molecule has 0 radical (unpaired) electrons. The lowest BCUT2D eigenvalue weighted by atomic mass is 9.73. The fourth-order valence-electron chi connectivity index (χ4n) is 5.43. The summed E-state index contributed by atoms with van der Waals surface area (Å²) in [4.78, 5) is 23.9. The van der Waals surface area contributed by atoms with Crippen molar-refractivity contribution in [2.75, 3.05) is 30.3 Å². The smallest absolute Gasteiger partial charge is 0.227 e. The SMILES string of the molecule is C[C@@H]1OCC2(CCN(c3nc4n[nH]c(-c5cccc(SCC(N)=O)c5Cl)c4c4nccn34)CC2)[C@@H]1N. The zero-order chi connectivity index (χ0) is 25.0. The number of aromatic nitrogens is 5. The molecule has 0 aliphatic carbocycles. The largest absolute Gasteiger partial charge is 0.376 e. The van der Waals surface area contributed by atoms with Gasteiger partial charge in [-0.25, -0.2) is 4.98 Å². The minimum absolute atomic E-state index is 0.0296. The standard InChI is InChI=1S/C24H27ClN8O2S/c1-13-20(27)24(12-35-13)5-8-32(9-6-24)23-29-21-17(22-28-7-10-33(22)23)19(30-31-21)14-3-2-4-15(18(14)25)36-11-16(26)34/h2-4,7,10,13,20H,5-6,8-9,11-12,27H2,1H3,(H2,26,34)(H,30,31)/t13-,20+/m0/s1. The van der Waals surface area contributed by atoms with Gasteiger partial charge < -0.3 is 21.1 Å². The molecule has 10 nitrogen and oxygen atoms in total.